The van der Waals surface area contributed by atoms with Gasteiger partial charge in [0.15, 0.2) is 17.5 Å². The minimum absolute atomic E-state index is 0.501. The second kappa shape index (κ2) is 12.5. The average Bonchev–Trinajstić information content (AvgIpc) is 3.61. The fraction of sp³-hybridized carbons (Fsp3) is 0.0179. The Kier molecular flexibility index (Phi) is 6.90. The molecule has 278 valence electrons. The molecule has 0 saturated carbocycles. The monoisotopic (exact) mass is 763 g/mol. The van der Waals surface area contributed by atoms with Crippen LogP contribution in [0.5, 0.6) is 11.5 Å². The molecule has 1 spiro atoms. The first-order chi connectivity index (χ1) is 29.7. The molecular weight excluding hydrogens is 731 g/mol. The third-order valence-corrected chi connectivity index (χ3v) is 12.7. The molecule has 4 nitrogen and oxygen atoms in total. The van der Waals surface area contributed by atoms with E-state index >= 15 is 0 Å². The number of fused-ring (bicyclic) bond motifs is 9. The lowest BCUT2D eigenvalue weighted by Gasteiger charge is -2.39. The predicted octanol–water partition coefficient (Wildman–Crippen LogP) is 13.9. The number of benzene rings is 10. The van der Waals surface area contributed by atoms with Gasteiger partial charge in [0.2, 0.25) is 0 Å². The van der Waals surface area contributed by atoms with Crippen LogP contribution in [0.2, 0.25) is 0 Å². The Hall–Kier alpha value is -7.95. The zero-order chi connectivity index (χ0) is 39.4. The molecule has 13 rings (SSSR count). The van der Waals surface area contributed by atoms with Gasteiger partial charge in [-0.05, 0) is 96.0 Å². The van der Waals surface area contributed by atoms with Crippen molar-refractivity contribution < 1.29 is 4.74 Å². The molecule has 0 atom stereocenters. The van der Waals surface area contributed by atoms with Gasteiger partial charge in [0.05, 0.1) is 5.41 Å². The smallest absolute Gasteiger partial charge is 0.164 e. The molecule has 1 aromatic heterocycles. The minimum atomic E-state index is -0.501. The Bertz CT molecular complexity index is 3430. The van der Waals surface area contributed by atoms with Crippen LogP contribution < -0.4 is 4.74 Å². The lowest BCUT2D eigenvalue weighted by Crippen LogP contribution is -2.32. The van der Waals surface area contributed by atoms with E-state index < -0.39 is 5.41 Å². The number of hydrogen-bond donors (Lipinski definition) is 0. The van der Waals surface area contributed by atoms with Crippen LogP contribution in [0.4, 0.5) is 0 Å². The summed E-state index contributed by atoms with van der Waals surface area (Å²) >= 11 is 0. The van der Waals surface area contributed by atoms with E-state index in [9.17, 15) is 0 Å². The molecule has 1 aliphatic heterocycles. The highest BCUT2D eigenvalue weighted by Gasteiger charge is 2.50. The molecule has 0 bridgehead atoms. The van der Waals surface area contributed by atoms with Crippen molar-refractivity contribution in [2.75, 3.05) is 0 Å². The van der Waals surface area contributed by atoms with Crippen molar-refractivity contribution in [2.45, 2.75) is 5.41 Å². The van der Waals surface area contributed by atoms with Gasteiger partial charge >= 0.3 is 0 Å². The van der Waals surface area contributed by atoms with Gasteiger partial charge in [-0.25, -0.2) is 15.0 Å². The van der Waals surface area contributed by atoms with Crippen LogP contribution in [0, 0.1) is 0 Å². The highest BCUT2D eigenvalue weighted by atomic mass is 16.5. The van der Waals surface area contributed by atoms with Crippen LogP contribution >= 0.6 is 0 Å². The second-order valence-corrected chi connectivity index (χ2v) is 15.9. The first-order valence-corrected chi connectivity index (χ1v) is 20.4. The number of para-hydroxylation sites is 1. The van der Waals surface area contributed by atoms with Crippen molar-refractivity contribution in [2.24, 2.45) is 0 Å². The van der Waals surface area contributed by atoms with Crippen molar-refractivity contribution in [1.29, 1.82) is 0 Å². The van der Waals surface area contributed by atoms with E-state index in [1.54, 1.807) is 0 Å². The Morgan fingerprint density at radius 3 is 1.52 bits per heavy atom. The molecule has 2 heterocycles. The Morgan fingerprint density at radius 2 is 0.800 bits per heavy atom. The van der Waals surface area contributed by atoms with Gasteiger partial charge in [0.1, 0.15) is 11.5 Å². The summed E-state index contributed by atoms with van der Waals surface area (Å²) in [6, 6.07) is 71.4. The molecule has 4 heteroatoms. The summed E-state index contributed by atoms with van der Waals surface area (Å²) in [6.45, 7) is 0. The number of aromatic nitrogens is 3. The summed E-state index contributed by atoms with van der Waals surface area (Å²) in [5, 5.41) is 7.39. The molecule has 0 radical (unpaired) electrons. The number of ether oxygens (including phenoxy) is 1. The van der Waals surface area contributed by atoms with E-state index in [4.69, 9.17) is 19.7 Å². The van der Waals surface area contributed by atoms with Crippen LogP contribution in [-0.4, -0.2) is 15.0 Å². The van der Waals surface area contributed by atoms with E-state index in [-0.39, 0.29) is 0 Å². The Balaban J connectivity index is 0.957. The summed E-state index contributed by atoms with van der Waals surface area (Å²) in [4.78, 5) is 15.4. The third kappa shape index (κ3) is 4.70. The SMILES string of the molecule is c1ccc(-c2nc(-c3cccc(-c4ccc5c(c4)Oc4ccccc4C54c5ccccc5-c5ccccc54)c3)nc(-c3cc4ccc5cccc6ccc(c3)c4c56)n2)cc1. The van der Waals surface area contributed by atoms with Crippen LogP contribution in [0.25, 0.3) is 88.7 Å². The highest BCUT2D eigenvalue weighted by Crippen LogP contribution is 2.62. The molecular formula is C56H33N3O. The minimum Gasteiger partial charge on any atom is -0.457 e. The first-order valence-electron chi connectivity index (χ1n) is 20.4. The van der Waals surface area contributed by atoms with E-state index in [0.29, 0.717) is 17.5 Å². The fourth-order valence-corrected chi connectivity index (χ4v) is 10.1. The van der Waals surface area contributed by atoms with Crippen LogP contribution in [-0.2, 0) is 5.41 Å². The van der Waals surface area contributed by atoms with Crippen LogP contribution in [0.15, 0.2) is 200 Å². The summed E-state index contributed by atoms with van der Waals surface area (Å²) in [5.41, 5.74) is 11.8. The lowest BCUT2D eigenvalue weighted by atomic mass is 9.66. The molecule has 2 aliphatic rings. The van der Waals surface area contributed by atoms with Gasteiger partial charge in [-0.1, -0.05) is 170 Å². The molecule has 0 amide bonds. The fourth-order valence-electron chi connectivity index (χ4n) is 10.1. The topological polar surface area (TPSA) is 47.9 Å². The quantitative estimate of drug-likeness (QED) is 0.168. The predicted molar refractivity (Wildman–Crippen MR) is 243 cm³/mol. The van der Waals surface area contributed by atoms with E-state index in [0.717, 1.165) is 50.4 Å². The molecule has 0 fully saturated rings. The van der Waals surface area contributed by atoms with E-state index in [2.05, 4.69) is 182 Å². The van der Waals surface area contributed by atoms with Crippen LogP contribution in [0.1, 0.15) is 22.3 Å². The van der Waals surface area contributed by atoms with E-state index in [1.165, 1.54) is 54.6 Å². The van der Waals surface area contributed by atoms with Crippen LogP contribution in [0.3, 0.4) is 0 Å². The molecule has 0 saturated heterocycles. The van der Waals surface area contributed by atoms with Gasteiger partial charge in [-0.2, -0.15) is 0 Å². The van der Waals surface area contributed by atoms with Crippen molar-refractivity contribution in [3.05, 3.63) is 222 Å². The van der Waals surface area contributed by atoms with Gasteiger partial charge in [-0.3, -0.25) is 0 Å². The van der Waals surface area contributed by atoms with Gasteiger partial charge in [0.25, 0.3) is 0 Å². The van der Waals surface area contributed by atoms with Gasteiger partial charge < -0.3 is 4.74 Å². The molecule has 1 aliphatic carbocycles. The maximum Gasteiger partial charge on any atom is 0.164 e. The average molecular weight is 764 g/mol. The van der Waals surface area contributed by atoms with Gasteiger partial charge in [-0.15, -0.1) is 0 Å². The molecule has 0 N–H and O–H groups in total. The zero-order valence-electron chi connectivity index (χ0n) is 32.3. The zero-order valence-corrected chi connectivity index (χ0v) is 32.3. The number of rotatable bonds is 4. The third-order valence-electron chi connectivity index (χ3n) is 12.7. The molecule has 60 heavy (non-hydrogen) atoms. The largest absolute Gasteiger partial charge is 0.457 e. The number of nitrogens with zero attached hydrogens (tertiary/aromatic N) is 3. The molecule has 11 aromatic rings. The van der Waals surface area contributed by atoms with Crippen molar-refractivity contribution >= 4 is 32.3 Å². The maximum atomic E-state index is 6.84. The van der Waals surface area contributed by atoms with Crippen molar-refractivity contribution in [3.63, 3.8) is 0 Å². The summed E-state index contributed by atoms with van der Waals surface area (Å²) in [6.07, 6.45) is 0. The van der Waals surface area contributed by atoms with E-state index in [1.807, 2.05) is 18.2 Å². The Morgan fingerprint density at radius 1 is 0.300 bits per heavy atom. The number of hydrogen-bond acceptors (Lipinski definition) is 4. The summed E-state index contributed by atoms with van der Waals surface area (Å²) < 4.78 is 6.84. The summed E-state index contributed by atoms with van der Waals surface area (Å²) in [7, 11) is 0. The maximum absolute atomic E-state index is 6.84. The molecule has 10 aromatic carbocycles. The molecule has 0 unspecified atom stereocenters. The van der Waals surface area contributed by atoms with Crippen molar-refractivity contribution in [3.8, 4) is 67.9 Å². The Labute approximate surface area is 346 Å². The highest BCUT2D eigenvalue weighted by molar-refractivity contribution is 6.23. The first kappa shape index (κ1) is 33.1. The van der Waals surface area contributed by atoms with Crippen molar-refractivity contribution in [1.82, 2.24) is 15.0 Å². The normalized spacial score (nSPS) is 13.3. The summed E-state index contributed by atoms with van der Waals surface area (Å²) in [5.74, 6) is 3.62. The lowest BCUT2D eigenvalue weighted by molar-refractivity contribution is 0.436. The standard InChI is InChI=1S/C56H33N3O/c1-2-12-36(13-3-1)53-57-54(59-55(58-53)42-31-39-26-24-34-14-10-15-35-25-27-40(32-42)52(39)51(34)35)41-17-11-16-37(30-41)38-28-29-48-50(33-38)60-49-23-9-8-22-47(49)56(48)45-20-6-4-18-43(45)44-19-5-7-21-46(44)56/h1-33H. The van der Waals surface area contributed by atoms with Gasteiger partial charge in [0, 0.05) is 27.8 Å². The second-order valence-electron chi connectivity index (χ2n) is 15.9.